The second-order valence-electron chi connectivity index (χ2n) is 6.73. The number of carbonyl (C=O) groups is 1. The van der Waals surface area contributed by atoms with E-state index in [1.165, 1.54) is 0 Å². The summed E-state index contributed by atoms with van der Waals surface area (Å²) in [4.78, 5) is 27.7. The topological polar surface area (TPSA) is 71.0 Å². The molecule has 0 aromatic carbocycles. The molecular formula is C17H21N5O. The van der Waals surface area contributed by atoms with Crippen LogP contribution in [0.5, 0.6) is 0 Å². The lowest BCUT2D eigenvalue weighted by Crippen LogP contribution is -2.24. The number of carbonyl (C=O) groups excluding carboxylic acids is 1. The number of aromatic nitrogens is 3. The molecular weight excluding hydrogens is 290 g/mol. The van der Waals surface area contributed by atoms with Gasteiger partial charge in [-0.05, 0) is 12.1 Å². The van der Waals surface area contributed by atoms with Gasteiger partial charge in [0.25, 0.3) is 5.91 Å². The summed E-state index contributed by atoms with van der Waals surface area (Å²) in [7, 11) is 1.62. The zero-order valence-electron chi connectivity index (χ0n) is 13.9. The number of amides is 1. The number of hydrogen-bond donors (Lipinski definition) is 1. The molecule has 0 atom stereocenters. The lowest BCUT2D eigenvalue weighted by atomic mass is 9.95. The van der Waals surface area contributed by atoms with Gasteiger partial charge in [-0.2, -0.15) is 0 Å². The fourth-order valence-corrected chi connectivity index (χ4v) is 2.63. The third-order valence-electron chi connectivity index (χ3n) is 3.88. The zero-order chi connectivity index (χ0) is 16.6. The first kappa shape index (κ1) is 15.4. The normalized spacial score (nSPS) is 13.8. The van der Waals surface area contributed by atoms with Crippen molar-refractivity contribution in [2.24, 2.45) is 0 Å². The van der Waals surface area contributed by atoms with Gasteiger partial charge in [-0.15, -0.1) is 0 Å². The Morgan fingerprint density at radius 1 is 1.26 bits per heavy atom. The van der Waals surface area contributed by atoms with E-state index in [1.54, 1.807) is 25.4 Å². The Morgan fingerprint density at radius 2 is 2.04 bits per heavy atom. The van der Waals surface area contributed by atoms with Crippen LogP contribution in [0.15, 0.2) is 24.5 Å². The summed E-state index contributed by atoms with van der Waals surface area (Å²) >= 11 is 0. The summed E-state index contributed by atoms with van der Waals surface area (Å²) in [6.45, 7) is 7.61. The van der Waals surface area contributed by atoms with Gasteiger partial charge < -0.3 is 10.2 Å². The molecule has 2 aromatic heterocycles. The molecule has 0 saturated heterocycles. The second kappa shape index (κ2) is 5.61. The first-order valence-corrected chi connectivity index (χ1v) is 7.67. The molecule has 1 aliphatic rings. The number of hydrogen-bond acceptors (Lipinski definition) is 5. The SMILES string of the molecule is CNC(=O)c1cccnc1N1Cc2cnc(C(C)(C)C)nc2C1. The Hall–Kier alpha value is -2.50. The molecule has 1 N–H and O–H groups in total. The monoisotopic (exact) mass is 311 g/mol. The molecule has 0 aliphatic carbocycles. The van der Waals surface area contributed by atoms with Gasteiger partial charge in [-0.1, -0.05) is 20.8 Å². The lowest BCUT2D eigenvalue weighted by Gasteiger charge is -2.18. The largest absolute Gasteiger partial charge is 0.355 e. The van der Waals surface area contributed by atoms with Gasteiger partial charge >= 0.3 is 0 Å². The first-order valence-electron chi connectivity index (χ1n) is 7.67. The smallest absolute Gasteiger partial charge is 0.254 e. The van der Waals surface area contributed by atoms with Crippen LogP contribution in [0.25, 0.3) is 0 Å². The Balaban J connectivity index is 1.93. The van der Waals surface area contributed by atoms with Crippen LogP contribution in [0.3, 0.4) is 0 Å². The minimum Gasteiger partial charge on any atom is -0.355 e. The van der Waals surface area contributed by atoms with E-state index in [0.717, 1.165) is 17.1 Å². The number of nitrogens with zero attached hydrogens (tertiary/aromatic N) is 4. The summed E-state index contributed by atoms with van der Waals surface area (Å²) < 4.78 is 0. The van der Waals surface area contributed by atoms with Crippen molar-refractivity contribution in [1.29, 1.82) is 0 Å². The van der Waals surface area contributed by atoms with Gasteiger partial charge in [0.1, 0.15) is 11.6 Å². The molecule has 3 heterocycles. The van der Waals surface area contributed by atoms with Gasteiger partial charge in [0.2, 0.25) is 0 Å². The van der Waals surface area contributed by atoms with Crippen molar-refractivity contribution >= 4 is 11.7 Å². The van der Waals surface area contributed by atoms with E-state index in [0.29, 0.717) is 24.5 Å². The maximum atomic E-state index is 12.0. The second-order valence-corrected chi connectivity index (χ2v) is 6.73. The van der Waals surface area contributed by atoms with E-state index in [2.05, 4.69) is 41.0 Å². The fraction of sp³-hybridized carbons (Fsp3) is 0.412. The van der Waals surface area contributed by atoms with Gasteiger partial charge in [-0.3, -0.25) is 4.79 Å². The number of fused-ring (bicyclic) bond motifs is 1. The predicted octanol–water partition coefficient (Wildman–Crippen LogP) is 2.05. The number of pyridine rings is 1. The van der Waals surface area contributed by atoms with Crippen molar-refractivity contribution in [3.63, 3.8) is 0 Å². The molecule has 0 spiro atoms. The van der Waals surface area contributed by atoms with E-state index in [1.807, 2.05) is 6.20 Å². The molecule has 1 aliphatic heterocycles. The zero-order valence-corrected chi connectivity index (χ0v) is 13.9. The van der Waals surface area contributed by atoms with Crippen LogP contribution in [0.2, 0.25) is 0 Å². The Labute approximate surface area is 136 Å². The molecule has 0 fully saturated rings. The number of rotatable bonds is 2. The Morgan fingerprint density at radius 3 is 2.74 bits per heavy atom. The maximum Gasteiger partial charge on any atom is 0.254 e. The van der Waals surface area contributed by atoms with Crippen LogP contribution >= 0.6 is 0 Å². The van der Waals surface area contributed by atoms with Crippen LogP contribution in [0, 0.1) is 0 Å². The summed E-state index contributed by atoms with van der Waals surface area (Å²) in [6, 6.07) is 3.56. The molecule has 120 valence electrons. The molecule has 2 aromatic rings. The molecule has 0 radical (unpaired) electrons. The highest BCUT2D eigenvalue weighted by molar-refractivity contribution is 5.98. The third-order valence-corrected chi connectivity index (χ3v) is 3.88. The van der Waals surface area contributed by atoms with Crippen molar-refractivity contribution in [3.8, 4) is 0 Å². The van der Waals surface area contributed by atoms with E-state index in [9.17, 15) is 4.79 Å². The molecule has 0 unspecified atom stereocenters. The summed E-state index contributed by atoms with van der Waals surface area (Å²) in [6.07, 6.45) is 3.60. The van der Waals surface area contributed by atoms with Crippen LogP contribution in [-0.4, -0.2) is 27.9 Å². The molecule has 0 bridgehead atoms. The van der Waals surface area contributed by atoms with Crippen molar-refractivity contribution in [2.75, 3.05) is 11.9 Å². The molecule has 6 nitrogen and oxygen atoms in total. The van der Waals surface area contributed by atoms with Crippen molar-refractivity contribution in [3.05, 3.63) is 47.2 Å². The fourth-order valence-electron chi connectivity index (χ4n) is 2.63. The minimum absolute atomic E-state index is 0.0826. The van der Waals surface area contributed by atoms with Gasteiger partial charge in [0, 0.05) is 37.0 Å². The van der Waals surface area contributed by atoms with Crippen LogP contribution in [-0.2, 0) is 18.5 Å². The molecule has 3 rings (SSSR count). The average Bonchev–Trinajstić information content (AvgIpc) is 2.96. The number of nitrogens with one attached hydrogen (secondary N) is 1. The van der Waals surface area contributed by atoms with Crippen LogP contribution in [0.1, 0.15) is 48.2 Å². The molecule has 1 amide bonds. The highest BCUT2D eigenvalue weighted by Crippen LogP contribution is 2.29. The highest BCUT2D eigenvalue weighted by atomic mass is 16.1. The Bertz CT molecular complexity index is 751. The first-order chi connectivity index (χ1) is 10.9. The summed E-state index contributed by atoms with van der Waals surface area (Å²) in [5, 5.41) is 2.66. The van der Waals surface area contributed by atoms with Crippen molar-refractivity contribution in [2.45, 2.75) is 39.3 Å². The average molecular weight is 311 g/mol. The van der Waals surface area contributed by atoms with E-state index < -0.39 is 0 Å². The predicted molar refractivity (Wildman–Crippen MR) is 88.2 cm³/mol. The van der Waals surface area contributed by atoms with Crippen LogP contribution < -0.4 is 10.2 Å². The molecule has 0 saturated carbocycles. The maximum absolute atomic E-state index is 12.0. The van der Waals surface area contributed by atoms with Gasteiger partial charge in [-0.25, -0.2) is 15.0 Å². The van der Waals surface area contributed by atoms with Crippen molar-refractivity contribution in [1.82, 2.24) is 20.3 Å². The van der Waals surface area contributed by atoms with Crippen LogP contribution in [0.4, 0.5) is 5.82 Å². The van der Waals surface area contributed by atoms with E-state index in [4.69, 9.17) is 4.98 Å². The Kier molecular flexibility index (Phi) is 3.75. The lowest BCUT2D eigenvalue weighted by molar-refractivity contribution is 0.0963. The molecule has 6 heteroatoms. The molecule has 23 heavy (non-hydrogen) atoms. The number of anilines is 1. The van der Waals surface area contributed by atoms with Crippen molar-refractivity contribution < 1.29 is 4.79 Å². The van der Waals surface area contributed by atoms with E-state index in [-0.39, 0.29) is 11.3 Å². The summed E-state index contributed by atoms with van der Waals surface area (Å²) in [5.41, 5.74) is 2.59. The van der Waals surface area contributed by atoms with E-state index >= 15 is 0 Å². The third kappa shape index (κ3) is 2.88. The van der Waals surface area contributed by atoms with Gasteiger partial charge in [0.05, 0.1) is 17.8 Å². The highest BCUT2D eigenvalue weighted by Gasteiger charge is 2.27. The standard InChI is InChI=1S/C17H21N5O/c1-17(2,3)16-20-8-11-9-22(10-13(11)21-16)14-12(15(23)18-4)6-5-7-19-14/h5-8H,9-10H2,1-4H3,(H,18,23). The quantitative estimate of drug-likeness (QED) is 0.919. The van der Waals surface area contributed by atoms with Gasteiger partial charge in [0.15, 0.2) is 0 Å². The summed E-state index contributed by atoms with van der Waals surface area (Å²) in [5.74, 6) is 1.39. The minimum atomic E-state index is -0.134.